The molecule has 0 aliphatic rings. The molecular weight excluding hydrogens is 198 g/mol. The van der Waals surface area contributed by atoms with E-state index in [0.717, 1.165) is 17.9 Å². The minimum Gasteiger partial charge on any atom is -0.396 e. The zero-order chi connectivity index (χ0) is 11.8. The van der Waals surface area contributed by atoms with Crippen molar-refractivity contribution >= 4 is 11.4 Å². The van der Waals surface area contributed by atoms with Crippen molar-refractivity contribution in [3.8, 4) is 0 Å². The smallest absolute Gasteiger partial charge is 0.0738 e. The molecule has 0 amide bonds. The van der Waals surface area contributed by atoms with Crippen LogP contribution in [0.2, 0.25) is 0 Å². The molecule has 1 rings (SSSR count). The fraction of sp³-hybridized carbons (Fsp3) is 0.615. The standard InChI is InChI=1S/C13H23N3/c1-3-4-5-6-7-10-16(2)13-8-9-15-11-12(13)14/h8-9,11H,3-7,10,14H2,1-2H3. The van der Waals surface area contributed by atoms with Crippen molar-refractivity contribution in [2.75, 3.05) is 24.2 Å². The van der Waals surface area contributed by atoms with Crippen LogP contribution in [0.1, 0.15) is 39.0 Å². The van der Waals surface area contributed by atoms with Crippen LogP contribution in [0.3, 0.4) is 0 Å². The van der Waals surface area contributed by atoms with E-state index in [4.69, 9.17) is 5.73 Å². The SMILES string of the molecule is CCCCCCCN(C)c1ccncc1N. The van der Waals surface area contributed by atoms with Gasteiger partial charge in [0.15, 0.2) is 0 Å². The molecule has 0 atom stereocenters. The second-order valence-corrected chi connectivity index (χ2v) is 4.27. The van der Waals surface area contributed by atoms with E-state index in [0.29, 0.717) is 0 Å². The first-order chi connectivity index (χ1) is 7.75. The molecule has 0 fully saturated rings. The van der Waals surface area contributed by atoms with Crippen LogP contribution in [0, 0.1) is 0 Å². The highest BCUT2D eigenvalue weighted by molar-refractivity contribution is 5.65. The van der Waals surface area contributed by atoms with Crippen LogP contribution in [0.4, 0.5) is 11.4 Å². The summed E-state index contributed by atoms with van der Waals surface area (Å²) in [5.74, 6) is 0. The maximum atomic E-state index is 5.87. The van der Waals surface area contributed by atoms with E-state index in [1.165, 1.54) is 32.1 Å². The van der Waals surface area contributed by atoms with E-state index in [1.54, 1.807) is 12.4 Å². The Bertz CT molecular complexity index is 299. The van der Waals surface area contributed by atoms with Crippen LogP contribution in [0.5, 0.6) is 0 Å². The lowest BCUT2D eigenvalue weighted by molar-refractivity contribution is 0.629. The van der Waals surface area contributed by atoms with Gasteiger partial charge in [0, 0.05) is 19.8 Å². The number of hydrogen-bond donors (Lipinski definition) is 1. The summed E-state index contributed by atoms with van der Waals surface area (Å²) in [6.07, 6.45) is 10.0. The lowest BCUT2D eigenvalue weighted by atomic mass is 10.1. The summed E-state index contributed by atoms with van der Waals surface area (Å²) < 4.78 is 0. The average Bonchev–Trinajstić information content (AvgIpc) is 2.29. The van der Waals surface area contributed by atoms with Crippen LogP contribution in [0.25, 0.3) is 0 Å². The van der Waals surface area contributed by atoms with E-state index >= 15 is 0 Å². The van der Waals surface area contributed by atoms with E-state index in [9.17, 15) is 0 Å². The summed E-state index contributed by atoms with van der Waals surface area (Å²) >= 11 is 0. The molecule has 16 heavy (non-hydrogen) atoms. The molecule has 0 saturated carbocycles. The fourth-order valence-corrected chi connectivity index (χ4v) is 1.82. The zero-order valence-corrected chi connectivity index (χ0v) is 10.4. The maximum Gasteiger partial charge on any atom is 0.0738 e. The van der Waals surface area contributed by atoms with Gasteiger partial charge >= 0.3 is 0 Å². The number of hydrogen-bond acceptors (Lipinski definition) is 3. The third kappa shape index (κ3) is 4.09. The Balaban J connectivity index is 2.30. The number of aromatic nitrogens is 1. The van der Waals surface area contributed by atoms with E-state index < -0.39 is 0 Å². The minimum atomic E-state index is 0.763. The van der Waals surface area contributed by atoms with Crippen LogP contribution in [-0.4, -0.2) is 18.6 Å². The molecule has 0 aliphatic carbocycles. The Morgan fingerprint density at radius 2 is 2.00 bits per heavy atom. The van der Waals surface area contributed by atoms with Gasteiger partial charge in [-0.1, -0.05) is 32.6 Å². The van der Waals surface area contributed by atoms with Gasteiger partial charge in [-0.2, -0.15) is 0 Å². The first-order valence-corrected chi connectivity index (χ1v) is 6.16. The topological polar surface area (TPSA) is 42.2 Å². The molecule has 1 aromatic rings. The second-order valence-electron chi connectivity index (χ2n) is 4.27. The Hall–Kier alpha value is -1.25. The first-order valence-electron chi connectivity index (χ1n) is 6.16. The van der Waals surface area contributed by atoms with Crippen molar-refractivity contribution in [1.29, 1.82) is 0 Å². The molecule has 0 unspecified atom stereocenters. The van der Waals surface area contributed by atoms with Crippen molar-refractivity contribution in [1.82, 2.24) is 4.98 Å². The van der Waals surface area contributed by atoms with Gasteiger partial charge in [-0.05, 0) is 12.5 Å². The third-order valence-corrected chi connectivity index (χ3v) is 2.84. The van der Waals surface area contributed by atoms with E-state index in [2.05, 4.69) is 23.9 Å². The number of nitrogens with zero attached hydrogens (tertiary/aromatic N) is 2. The molecular formula is C13H23N3. The molecule has 90 valence electrons. The molecule has 3 heteroatoms. The maximum absolute atomic E-state index is 5.87. The lowest BCUT2D eigenvalue weighted by Gasteiger charge is -2.20. The van der Waals surface area contributed by atoms with Gasteiger partial charge in [0.05, 0.1) is 17.6 Å². The van der Waals surface area contributed by atoms with Crippen LogP contribution in [0.15, 0.2) is 18.5 Å². The third-order valence-electron chi connectivity index (χ3n) is 2.84. The highest BCUT2D eigenvalue weighted by Gasteiger charge is 2.03. The monoisotopic (exact) mass is 221 g/mol. The van der Waals surface area contributed by atoms with Crippen molar-refractivity contribution in [3.63, 3.8) is 0 Å². The molecule has 0 aromatic carbocycles. The summed E-state index contributed by atoms with van der Waals surface area (Å²) in [7, 11) is 2.09. The molecule has 0 bridgehead atoms. The van der Waals surface area contributed by atoms with Crippen LogP contribution >= 0.6 is 0 Å². The first kappa shape index (κ1) is 12.8. The molecule has 2 N–H and O–H groups in total. The number of anilines is 2. The Morgan fingerprint density at radius 3 is 2.69 bits per heavy atom. The van der Waals surface area contributed by atoms with Crippen molar-refractivity contribution in [2.24, 2.45) is 0 Å². The predicted molar refractivity (Wildman–Crippen MR) is 70.7 cm³/mol. The Labute approximate surface area is 98.7 Å². The number of rotatable bonds is 7. The van der Waals surface area contributed by atoms with Crippen LogP contribution in [-0.2, 0) is 0 Å². The van der Waals surface area contributed by atoms with Gasteiger partial charge < -0.3 is 10.6 Å². The highest BCUT2D eigenvalue weighted by Crippen LogP contribution is 2.20. The highest BCUT2D eigenvalue weighted by atomic mass is 15.1. The molecule has 0 saturated heterocycles. The van der Waals surface area contributed by atoms with Crippen LogP contribution < -0.4 is 10.6 Å². The van der Waals surface area contributed by atoms with Gasteiger partial charge in [0.25, 0.3) is 0 Å². The molecule has 3 nitrogen and oxygen atoms in total. The number of pyridine rings is 1. The molecule has 0 radical (unpaired) electrons. The Morgan fingerprint density at radius 1 is 1.25 bits per heavy atom. The Kier molecular flexibility index (Phi) is 5.68. The fourth-order valence-electron chi connectivity index (χ4n) is 1.82. The van der Waals surface area contributed by atoms with Gasteiger partial charge in [-0.15, -0.1) is 0 Å². The van der Waals surface area contributed by atoms with Gasteiger partial charge in [0.1, 0.15) is 0 Å². The lowest BCUT2D eigenvalue weighted by Crippen LogP contribution is -2.19. The summed E-state index contributed by atoms with van der Waals surface area (Å²) in [5.41, 5.74) is 7.72. The van der Waals surface area contributed by atoms with E-state index in [1.807, 2.05) is 6.07 Å². The summed E-state index contributed by atoms with van der Waals surface area (Å²) in [6.45, 7) is 3.31. The van der Waals surface area contributed by atoms with Crippen molar-refractivity contribution < 1.29 is 0 Å². The summed E-state index contributed by atoms with van der Waals surface area (Å²) in [4.78, 5) is 6.21. The van der Waals surface area contributed by atoms with Gasteiger partial charge in [-0.25, -0.2) is 0 Å². The van der Waals surface area contributed by atoms with Crippen molar-refractivity contribution in [2.45, 2.75) is 39.0 Å². The minimum absolute atomic E-state index is 0.763. The molecule has 0 spiro atoms. The van der Waals surface area contributed by atoms with Gasteiger partial charge in [-0.3, -0.25) is 4.98 Å². The number of nitrogens with two attached hydrogens (primary N) is 1. The van der Waals surface area contributed by atoms with E-state index in [-0.39, 0.29) is 0 Å². The predicted octanol–water partition coefficient (Wildman–Crippen LogP) is 3.07. The van der Waals surface area contributed by atoms with Crippen molar-refractivity contribution in [3.05, 3.63) is 18.5 Å². The normalized spacial score (nSPS) is 10.4. The summed E-state index contributed by atoms with van der Waals surface area (Å²) in [5, 5.41) is 0. The average molecular weight is 221 g/mol. The molecule has 1 aromatic heterocycles. The quantitative estimate of drug-likeness (QED) is 0.719. The summed E-state index contributed by atoms with van der Waals surface area (Å²) in [6, 6.07) is 1.97. The largest absolute Gasteiger partial charge is 0.396 e. The molecule has 0 aliphatic heterocycles. The number of nitrogen functional groups attached to an aromatic ring is 1. The van der Waals surface area contributed by atoms with Gasteiger partial charge in [0.2, 0.25) is 0 Å². The number of unbranched alkanes of at least 4 members (excludes halogenated alkanes) is 4. The zero-order valence-electron chi connectivity index (χ0n) is 10.4. The molecule has 1 heterocycles. The second kappa shape index (κ2) is 7.09.